The lowest BCUT2D eigenvalue weighted by Crippen LogP contribution is -2.24. The molecular weight excluding hydrogens is 343 g/mol. The van der Waals surface area contributed by atoms with Gasteiger partial charge >= 0.3 is 0 Å². The van der Waals surface area contributed by atoms with Gasteiger partial charge in [0.1, 0.15) is 0 Å². The van der Waals surface area contributed by atoms with Gasteiger partial charge in [-0.3, -0.25) is 4.79 Å². The molecule has 22 heavy (non-hydrogen) atoms. The molecule has 6 heteroatoms. The Hall–Kier alpha value is -1.42. The van der Waals surface area contributed by atoms with Gasteiger partial charge in [0, 0.05) is 30.2 Å². The second-order valence-corrected chi connectivity index (χ2v) is 5.96. The number of carbonyl (C=O) groups is 1. The number of amides is 1. The summed E-state index contributed by atoms with van der Waals surface area (Å²) in [6.07, 6.45) is 0.369. The molecule has 0 unspecified atom stereocenters. The van der Waals surface area contributed by atoms with Crippen LogP contribution in [0.15, 0.2) is 42.5 Å². The van der Waals surface area contributed by atoms with E-state index in [-0.39, 0.29) is 5.91 Å². The number of rotatable bonds is 6. The van der Waals surface area contributed by atoms with Crippen LogP contribution in [0.1, 0.15) is 12.0 Å². The van der Waals surface area contributed by atoms with Crippen molar-refractivity contribution in [1.29, 1.82) is 0 Å². The largest absolute Gasteiger partial charge is 0.384 e. The van der Waals surface area contributed by atoms with Crippen molar-refractivity contribution in [1.82, 2.24) is 5.32 Å². The smallest absolute Gasteiger partial charge is 0.222 e. The molecule has 2 rings (SSSR count). The standard InChI is InChI=1S/C16H15Cl3N2O/c17-12-3-1-11(2-4-12)10-21-16(22)7-8-20-13-5-6-14(18)15(19)9-13/h1-6,9,20H,7-8,10H2,(H,21,22). The minimum atomic E-state index is -0.0255. The van der Waals surface area contributed by atoms with Crippen molar-refractivity contribution < 1.29 is 4.79 Å². The highest BCUT2D eigenvalue weighted by Gasteiger charge is 2.03. The van der Waals surface area contributed by atoms with Gasteiger partial charge in [-0.25, -0.2) is 0 Å². The zero-order chi connectivity index (χ0) is 15.9. The van der Waals surface area contributed by atoms with Crippen LogP contribution in [0, 0.1) is 0 Å². The normalized spacial score (nSPS) is 10.3. The molecule has 0 bridgehead atoms. The fourth-order valence-electron chi connectivity index (χ4n) is 1.82. The molecule has 0 aliphatic rings. The van der Waals surface area contributed by atoms with Gasteiger partial charge in [0.05, 0.1) is 10.0 Å². The van der Waals surface area contributed by atoms with Crippen LogP contribution in [0.2, 0.25) is 15.1 Å². The number of anilines is 1. The van der Waals surface area contributed by atoms with Crippen molar-refractivity contribution in [3.8, 4) is 0 Å². The summed E-state index contributed by atoms with van der Waals surface area (Å²) in [7, 11) is 0. The zero-order valence-electron chi connectivity index (χ0n) is 11.7. The quantitative estimate of drug-likeness (QED) is 0.782. The van der Waals surface area contributed by atoms with E-state index in [1.165, 1.54) is 0 Å². The summed E-state index contributed by atoms with van der Waals surface area (Å²) >= 11 is 17.6. The molecule has 0 atom stereocenters. The second-order valence-electron chi connectivity index (χ2n) is 4.71. The average Bonchev–Trinajstić information content (AvgIpc) is 2.50. The first-order chi connectivity index (χ1) is 10.5. The number of carbonyl (C=O) groups excluding carboxylic acids is 1. The van der Waals surface area contributed by atoms with E-state index in [4.69, 9.17) is 34.8 Å². The third kappa shape index (κ3) is 5.41. The fourth-order valence-corrected chi connectivity index (χ4v) is 2.24. The molecule has 3 nitrogen and oxygen atoms in total. The second kappa shape index (κ2) is 8.28. The summed E-state index contributed by atoms with van der Waals surface area (Å²) in [5.41, 5.74) is 1.84. The maximum atomic E-state index is 11.8. The van der Waals surface area contributed by atoms with Crippen LogP contribution in [0.25, 0.3) is 0 Å². The van der Waals surface area contributed by atoms with Crippen LogP contribution in [0.5, 0.6) is 0 Å². The van der Waals surface area contributed by atoms with Crippen molar-refractivity contribution in [2.75, 3.05) is 11.9 Å². The van der Waals surface area contributed by atoms with Gasteiger partial charge in [-0.2, -0.15) is 0 Å². The summed E-state index contributed by atoms with van der Waals surface area (Å²) in [6.45, 7) is 1.01. The van der Waals surface area contributed by atoms with Crippen molar-refractivity contribution in [3.05, 3.63) is 63.1 Å². The molecule has 0 fully saturated rings. The van der Waals surface area contributed by atoms with Crippen LogP contribution >= 0.6 is 34.8 Å². The van der Waals surface area contributed by atoms with Crippen molar-refractivity contribution in [3.63, 3.8) is 0 Å². The highest BCUT2D eigenvalue weighted by atomic mass is 35.5. The number of halogens is 3. The summed E-state index contributed by atoms with van der Waals surface area (Å²) in [5, 5.41) is 7.66. The maximum Gasteiger partial charge on any atom is 0.222 e. The minimum absolute atomic E-state index is 0.0255. The third-order valence-corrected chi connectivity index (χ3v) is 3.99. The van der Waals surface area contributed by atoms with E-state index < -0.39 is 0 Å². The topological polar surface area (TPSA) is 41.1 Å². The Morgan fingerprint density at radius 3 is 2.36 bits per heavy atom. The number of hydrogen-bond donors (Lipinski definition) is 2. The van der Waals surface area contributed by atoms with Gasteiger partial charge < -0.3 is 10.6 Å². The summed E-state index contributed by atoms with van der Waals surface area (Å²) in [6, 6.07) is 12.6. The van der Waals surface area contributed by atoms with Crippen molar-refractivity contribution in [2.24, 2.45) is 0 Å². The van der Waals surface area contributed by atoms with Gasteiger partial charge in [-0.1, -0.05) is 46.9 Å². The lowest BCUT2D eigenvalue weighted by molar-refractivity contribution is -0.121. The Morgan fingerprint density at radius 1 is 0.955 bits per heavy atom. The molecule has 0 aromatic heterocycles. The van der Waals surface area contributed by atoms with E-state index in [1.54, 1.807) is 24.3 Å². The number of benzene rings is 2. The molecule has 0 radical (unpaired) electrons. The summed E-state index contributed by atoms with van der Waals surface area (Å²) in [4.78, 5) is 11.8. The van der Waals surface area contributed by atoms with Gasteiger partial charge in [0.2, 0.25) is 5.91 Å². The van der Waals surface area contributed by atoms with Crippen LogP contribution in [-0.4, -0.2) is 12.5 Å². The summed E-state index contributed by atoms with van der Waals surface area (Å²) < 4.78 is 0. The number of nitrogens with one attached hydrogen (secondary N) is 2. The highest BCUT2D eigenvalue weighted by Crippen LogP contribution is 2.24. The Labute approximate surface area is 144 Å². The molecule has 2 aromatic carbocycles. The lowest BCUT2D eigenvalue weighted by atomic mass is 10.2. The van der Waals surface area contributed by atoms with Crippen LogP contribution in [0.4, 0.5) is 5.69 Å². The van der Waals surface area contributed by atoms with Gasteiger partial charge in [-0.05, 0) is 35.9 Å². The first-order valence-electron chi connectivity index (χ1n) is 6.74. The van der Waals surface area contributed by atoms with E-state index >= 15 is 0 Å². The van der Waals surface area contributed by atoms with Crippen molar-refractivity contribution in [2.45, 2.75) is 13.0 Å². The molecular formula is C16H15Cl3N2O. The van der Waals surface area contributed by atoms with E-state index in [1.807, 2.05) is 18.2 Å². The Morgan fingerprint density at radius 2 is 1.68 bits per heavy atom. The Kier molecular flexibility index (Phi) is 6.37. The van der Waals surface area contributed by atoms with Crippen LogP contribution in [-0.2, 0) is 11.3 Å². The van der Waals surface area contributed by atoms with Crippen LogP contribution < -0.4 is 10.6 Å². The average molecular weight is 358 g/mol. The fraction of sp³-hybridized carbons (Fsp3) is 0.188. The molecule has 0 spiro atoms. The molecule has 0 saturated heterocycles. The maximum absolute atomic E-state index is 11.8. The molecule has 0 aliphatic heterocycles. The molecule has 2 N–H and O–H groups in total. The zero-order valence-corrected chi connectivity index (χ0v) is 14.0. The molecule has 0 saturated carbocycles. The van der Waals surface area contributed by atoms with Crippen molar-refractivity contribution >= 4 is 46.4 Å². The minimum Gasteiger partial charge on any atom is -0.384 e. The Bertz CT molecular complexity index is 644. The van der Waals surface area contributed by atoms with E-state index in [9.17, 15) is 4.79 Å². The first kappa shape index (κ1) is 16.9. The van der Waals surface area contributed by atoms with E-state index in [2.05, 4.69) is 10.6 Å². The SMILES string of the molecule is O=C(CCNc1ccc(Cl)c(Cl)c1)NCc1ccc(Cl)cc1. The number of hydrogen-bond acceptors (Lipinski definition) is 2. The predicted octanol–water partition coefficient (Wildman–Crippen LogP) is 4.77. The van der Waals surface area contributed by atoms with E-state index in [0.717, 1.165) is 11.3 Å². The molecule has 0 heterocycles. The molecule has 2 aromatic rings. The van der Waals surface area contributed by atoms with Crippen LogP contribution in [0.3, 0.4) is 0 Å². The van der Waals surface area contributed by atoms with Gasteiger partial charge in [-0.15, -0.1) is 0 Å². The van der Waals surface area contributed by atoms with Gasteiger partial charge in [0.25, 0.3) is 0 Å². The third-order valence-electron chi connectivity index (χ3n) is 3.00. The summed E-state index contributed by atoms with van der Waals surface area (Å²) in [5.74, 6) is -0.0255. The first-order valence-corrected chi connectivity index (χ1v) is 7.88. The lowest BCUT2D eigenvalue weighted by Gasteiger charge is -2.08. The molecule has 0 aliphatic carbocycles. The molecule has 116 valence electrons. The van der Waals surface area contributed by atoms with Gasteiger partial charge in [0.15, 0.2) is 0 Å². The molecule has 1 amide bonds. The monoisotopic (exact) mass is 356 g/mol. The predicted molar refractivity (Wildman–Crippen MR) is 92.9 cm³/mol. The Balaban J connectivity index is 1.71. The van der Waals surface area contributed by atoms with E-state index in [0.29, 0.717) is 34.6 Å². The highest BCUT2D eigenvalue weighted by molar-refractivity contribution is 6.42.